The number of hydrogen-bond donors (Lipinski definition) is 3. The van der Waals surface area contributed by atoms with Crippen LogP contribution in [-0.2, 0) is 0 Å². The van der Waals surface area contributed by atoms with Crippen LogP contribution in [0.15, 0.2) is 24.3 Å². The highest BCUT2D eigenvalue weighted by molar-refractivity contribution is 5.89. The van der Waals surface area contributed by atoms with Crippen molar-refractivity contribution in [2.24, 2.45) is 0 Å². The lowest BCUT2D eigenvalue weighted by Crippen LogP contribution is -2.33. The zero-order valence-electron chi connectivity index (χ0n) is 8.51. The molecule has 1 rings (SSSR count). The van der Waals surface area contributed by atoms with Gasteiger partial charge in [-0.15, -0.1) is 0 Å². The van der Waals surface area contributed by atoms with E-state index in [4.69, 9.17) is 0 Å². The molecule has 82 valence electrons. The van der Waals surface area contributed by atoms with Gasteiger partial charge >= 0.3 is 6.03 Å². The minimum Gasteiger partial charge on any atom is -0.337 e. The number of nitrogens with one attached hydrogen (secondary N) is 3. The van der Waals surface area contributed by atoms with Gasteiger partial charge in [0.1, 0.15) is 5.82 Å². The normalized spacial score (nSPS) is 9.73. The van der Waals surface area contributed by atoms with Crippen molar-refractivity contribution in [2.45, 2.75) is 0 Å². The Morgan fingerprint density at radius 3 is 2.53 bits per heavy atom. The van der Waals surface area contributed by atoms with E-state index < -0.39 is 0 Å². The van der Waals surface area contributed by atoms with Crippen molar-refractivity contribution in [2.75, 3.05) is 25.5 Å². The van der Waals surface area contributed by atoms with Gasteiger partial charge in [-0.1, -0.05) is 0 Å². The SMILES string of the molecule is CNCCNC(=O)Nc1ccc(F)cc1. The van der Waals surface area contributed by atoms with Crippen LogP contribution in [0, 0.1) is 5.82 Å². The Balaban J connectivity index is 2.34. The molecule has 0 spiro atoms. The first kappa shape index (κ1) is 11.5. The number of anilines is 1. The van der Waals surface area contributed by atoms with Crippen LogP contribution in [0.4, 0.5) is 14.9 Å². The van der Waals surface area contributed by atoms with E-state index in [-0.39, 0.29) is 11.8 Å². The molecule has 0 atom stereocenters. The van der Waals surface area contributed by atoms with Crippen molar-refractivity contribution in [3.8, 4) is 0 Å². The summed E-state index contributed by atoms with van der Waals surface area (Å²) in [5.41, 5.74) is 0.568. The van der Waals surface area contributed by atoms with E-state index in [0.717, 1.165) is 0 Å². The molecule has 0 aliphatic carbocycles. The molecule has 0 aromatic heterocycles. The molecular weight excluding hydrogens is 197 g/mol. The van der Waals surface area contributed by atoms with Crippen LogP contribution in [0.25, 0.3) is 0 Å². The molecule has 5 heteroatoms. The average molecular weight is 211 g/mol. The van der Waals surface area contributed by atoms with Gasteiger partial charge in [-0.05, 0) is 31.3 Å². The molecule has 0 heterocycles. The number of likely N-dealkylation sites (N-methyl/N-ethyl adjacent to an activating group) is 1. The van der Waals surface area contributed by atoms with Gasteiger partial charge in [0.25, 0.3) is 0 Å². The van der Waals surface area contributed by atoms with Gasteiger partial charge in [-0.2, -0.15) is 0 Å². The summed E-state index contributed by atoms with van der Waals surface area (Å²) < 4.78 is 12.5. The zero-order chi connectivity index (χ0) is 11.1. The number of halogens is 1. The molecule has 1 aromatic rings. The van der Waals surface area contributed by atoms with E-state index in [1.54, 1.807) is 7.05 Å². The molecule has 0 radical (unpaired) electrons. The second-order valence-electron chi connectivity index (χ2n) is 2.99. The van der Waals surface area contributed by atoms with Crippen LogP contribution < -0.4 is 16.0 Å². The van der Waals surface area contributed by atoms with Crippen molar-refractivity contribution in [1.82, 2.24) is 10.6 Å². The highest BCUT2D eigenvalue weighted by Crippen LogP contribution is 2.07. The zero-order valence-corrected chi connectivity index (χ0v) is 8.51. The summed E-state index contributed by atoms with van der Waals surface area (Å²) in [5.74, 6) is -0.323. The minimum absolute atomic E-state index is 0.295. The average Bonchev–Trinajstić information content (AvgIpc) is 2.22. The van der Waals surface area contributed by atoms with Crippen molar-refractivity contribution in [1.29, 1.82) is 0 Å². The molecule has 0 unspecified atom stereocenters. The van der Waals surface area contributed by atoms with E-state index in [2.05, 4.69) is 16.0 Å². The first-order valence-electron chi connectivity index (χ1n) is 4.67. The van der Waals surface area contributed by atoms with Crippen LogP contribution in [0.2, 0.25) is 0 Å². The summed E-state index contributed by atoms with van der Waals surface area (Å²) >= 11 is 0. The maximum absolute atomic E-state index is 12.5. The van der Waals surface area contributed by atoms with Gasteiger partial charge in [0.15, 0.2) is 0 Å². The van der Waals surface area contributed by atoms with Crippen LogP contribution in [0.5, 0.6) is 0 Å². The van der Waals surface area contributed by atoms with Gasteiger partial charge in [-0.3, -0.25) is 0 Å². The molecule has 0 saturated carbocycles. The number of urea groups is 1. The molecule has 0 bridgehead atoms. The first-order chi connectivity index (χ1) is 7.22. The van der Waals surface area contributed by atoms with Crippen molar-refractivity contribution >= 4 is 11.7 Å². The van der Waals surface area contributed by atoms with Crippen molar-refractivity contribution in [3.05, 3.63) is 30.1 Å². The van der Waals surface area contributed by atoms with Gasteiger partial charge in [0, 0.05) is 18.8 Å². The van der Waals surface area contributed by atoms with Crippen molar-refractivity contribution in [3.63, 3.8) is 0 Å². The lowest BCUT2D eigenvalue weighted by atomic mass is 10.3. The highest BCUT2D eigenvalue weighted by atomic mass is 19.1. The number of rotatable bonds is 4. The third kappa shape index (κ3) is 4.42. The van der Waals surface area contributed by atoms with Crippen LogP contribution in [0.1, 0.15) is 0 Å². The Kier molecular flexibility index (Phi) is 4.56. The minimum atomic E-state index is -0.323. The largest absolute Gasteiger partial charge is 0.337 e. The van der Waals surface area contributed by atoms with E-state index in [1.807, 2.05) is 0 Å². The fraction of sp³-hybridized carbons (Fsp3) is 0.300. The fourth-order valence-corrected chi connectivity index (χ4v) is 1.01. The maximum Gasteiger partial charge on any atom is 0.319 e. The molecule has 0 saturated heterocycles. The van der Waals surface area contributed by atoms with Crippen LogP contribution in [0.3, 0.4) is 0 Å². The first-order valence-corrected chi connectivity index (χ1v) is 4.67. The quantitative estimate of drug-likeness (QED) is 0.655. The monoisotopic (exact) mass is 211 g/mol. The van der Waals surface area contributed by atoms with Gasteiger partial charge in [0.05, 0.1) is 0 Å². The second kappa shape index (κ2) is 5.98. The summed E-state index contributed by atoms with van der Waals surface area (Å²) in [6.45, 7) is 1.25. The third-order valence-electron chi connectivity index (χ3n) is 1.76. The van der Waals surface area contributed by atoms with Crippen LogP contribution >= 0.6 is 0 Å². The Morgan fingerprint density at radius 1 is 1.27 bits per heavy atom. The fourth-order valence-electron chi connectivity index (χ4n) is 1.01. The Labute approximate surface area is 87.9 Å². The van der Waals surface area contributed by atoms with Gasteiger partial charge < -0.3 is 16.0 Å². The Hall–Kier alpha value is -1.62. The second-order valence-corrected chi connectivity index (χ2v) is 2.99. The smallest absolute Gasteiger partial charge is 0.319 e. The number of benzene rings is 1. The molecule has 0 fully saturated rings. The lowest BCUT2D eigenvalue weighted by Gasteiger charge is -2.06. The predicted octanol–water partition coefficient (Wildman–Crippen LogP) is 1.17. The standard InChI is InChI=1S/C10H14FN3O/c1-12-6-7-13-10(15)14-9-4-2-8(11)3-5-9/h2-5,12H,6-7H2,1H3,(H2,13,14,15). The van der Waals surface area contributed by atoms with Gasteiger partial charge in [0.2, 0.25) is 0 Å². The number of amides is 2. The summed E-state index contributed by atoms with van der Waals surface area (Å²) in [5, 5.41) is 8.13. The molecule has 1 aromatic carbocycles. The topological polar surface area (TPSA) is 53.2 Å². The number of carbonyl (C=O) groups is 1. The van der Waals surface area contributed by atoms with E-state index >= 15 is 0 Å². The summed E-state index contributed by atoms with van der Waals surface area (Å²) in [7, 11) is 1.81. The summed E-state index contributed by atoms with van der Waals surface area (Å²) in [6, 6.07) is 5.31. The predicted molar refractivity (Wildman–Crippen MR) is 57.3 cm³/mol. The molecule has 4 nitrogen and oxygen atoms in total. The lowest BCUT2D eigenvalue weighted by molar-refractivity contribution is 0.252. The molecular formula is C10H14FN3O. The maximum atomic E-state index is 12.5. The summed E-state index contributed by atoms with van der Waals surface area (Å²) in [4.78, 5) is 11.2. The van der Waals surface area contributed by atoms with Crippen molar-refractivity contribution < 1.29 is 9.18 Å². The van der Waals surface area contributed by atoms with E-state index in [0.29, 0.717) is 18.8 Å². The number of carbonyl (C=O) groups excluding carboxylic acids is 1. The van der Waals surface area contributed by atoms with Crippen LogP contribution in [-0.4, -0.2) is 26.2 Å². The molecule has 3 N–H and O–H groups in total. The molecule has 0 aliphatic heterocycles. The number of hydrogen-bond acceptors (Lipinski definition) is 2. The molecule has 2 amide bonds. The van der Waals surface area contributed by atoms with E-state index in [1.165, 1.54) is 24.3 Å². The highest BCUT2D eigenvalue weighted by Gasteiger charge is 1.99. The molecule has 15 heavy (non-hydrogen) atoms. The third-order valence-corrected chi connectivity index (χ3v) is 1.76. The Bertz CT molecular complexity index is 313. The molecule has 0 aliphatic rings. The Morgan fingerprint density at radius 2 is 1.93 bits per heavy atom. The van der Waals surface area contributed by atoms with E-state index in [9.17, 15) is 9.18 Å². The summed E-state index contributed by atoms with van der Waals surface area (Å²) in [6.07, 6.45) is 0. The van der Waals surface area contributed by atoms with Gasteiger partial charge in [-0.25, -0.2) is 9.18 Å².